The highest BCUT2D eigenvalue weighted by molar-refractivity contribution is 5.82. The SMILES string of the molecule is O=C(/C=C/C1CCC(OC(=O)C2CCC(OCCCC(F)(F)F)C(OCCCC(F)(F)F)C2)CC1)OC1CCC(C(=O)O)CC1. The molecular weight excluding hydrogens is 614 g/mol. The molecule has 14 heteroatoms. The third-order valence-electron chi connectivity index (χ3n) is 8.75. The Balaban J connectivity index is 1.40. The fourth-order valence-corrected chi connectivity index (χ4v) is 6.20. The topological polar surface area (TPSA) is 108 Å². The van der Waals surface area contributed by atoms with E-state index in [1.54, 1.807) is 6.08 Å². The normalized spacial score (nSPS) is 29.8. The zero-order valence-corrected chi connectivity index (χ0v) is 25.3. The average molecular weight is 659 g/mol. The van der Waals surface area contributed by atoms with Crippen molar-refractivity contribution in [1.82, 2.24) is 0 Å². The van der Waals surface area contributed by atoms with Crippen LogP contribution >= 0.6 is 0 Å². The van der Waals surface area contributed by atoms with Gasteiger partial charge in [-0.2, -0.15) is 26.3 Å². The van der Waals surface area contributed by atoms with Crippen LogP contribution in [-0.4, -0.2) is 73.0 Å². The van der Waals surface area contributed by atoms with Gasteiger partial charge in [0.1, 0.15) is 12.2 Å². The average Bonchev–Trinajstić information content (AvgIpc) is 2.97. The lowest BCUT2D eigenvalue weighted by Crippen LogP contribution is -2.41. The molecule has 3 fully saturated rings. The molecule has 0 radical (unpaired) electrons. The minimum atomic E-state index is -4.34. The van der Waals surface area contributed by atoms with E-state index >= 15 is 0 Å². The van der Waals surface area contributed by atoms with E-state index in [1.165, 1.54) is 6.08 Å². The summed E-state index contributed by atoms with van der Waals surface area (Å²) in [5, 5.41) is 9.09. The lowest BCUT2D eigenvalue weighted by molar-refractivity contribution is -0.166. The molecule has 0 amide bonds. The van der Waals surface area contributed by atoms with E-state index in [0.29, 0.717) is 64.2 Å². The molecule has 3 unspecified atom stereocenters. The molecule has 3 saturated carbocycles. The minimum absolute atomic E-state index is 0.106. The number of carboxylic acid groups (broad SMARTS) is 1. The van der Waals surface area contributed by atoms with Crippen LogP contribution in [0.1, 0.15) is 96.3 Å². The van der Waals surface area contributed by atoms with Gasteiger partial charge in [0.05, 0.1) is 24.0 Å². The van der Waals surface area contributed by atoms with Crippen LogP contribution in [0.4, 0.5) is 26.3 Å². The maximum atomic E-state index is 13.0. The summed E-state index contributed by atoms with van der Waals surface area (Å²) in [6, 6.07) is 0. The van der Waals surface area contributed by atoms with E-state index in [1.807, 2.05) is 0 Å². The highest BCUT2D eigenvalue weighted by atomic mass is 19.4. The van der Waals surface area contributed by atoms with Gasteiger partial charge in [0.25, 0.3) is 0 Å². The number of ether oxygens (including phenoxy) is 4. The van der Waals surface area contributed by atoms with Crippen molar-refractivity contribution in [3.8, 4) is 0 Å². The van der Waals surface area contributed by atoms with Crippen molar-refractivity contribution in [2.75, 3.05) is 13.2 Å². The van der Waals surface area contributed by atoms with Gasteiger partial charge in [0, 0.05) is 32.1 Å². The van der Waals surface area contributed by atoms with Crippen LogP contribution < -0.4 is 0 Å². The zero-order chi connectivity index (χ0) is 33.0. The number of allylic oxidation sites excluding steroid dienone is 1. The molecule has 45 heavy (non-hydrogen) atoms. The number of hydrogen-bond acceptors (Lipinski definition) is 7. The fourth-order valence-electron chi connectivity index (χ4n) is 6.20. The van der Waals surface area contributed by atoms with Gasteiger partial charge in [-0.3, -0.25) is 9.59 Å². The van der Waals surface area contributed by atoms with Gasteiger partial charge in [0.2, 0.25) is 0 Å². The number of hydrogen-bond donors (Lipinski definition) is 1. The molecule has 3 atom stereocenters. The number of carbonyl (C=O) groups excluding carboxylic acids is 2. The monoisotopic (exact) mass is 658 g/mol. The van der Waals surface area contributed by atoms with Crippen molar-refractivity contribution in [2.45, 2.75) is 133 Å². The fraction of sp³-hybridized carbons (Fsp3) is 0.839. The van der Waals surface area contributed by atoms with Crippen LogP contribution in [0.15, 0.2) is 12.2 Å². The van der Waals surface area contributed by atoms with Gasteiger partial charge in [-0.05, 0) is 89.4 Å². The number of esters is 2. The molecule has 3 rings (SSSR count). The first-order valence-corrected chi connectivity index (χ1v) is 15.9. The van der Waals surface area contributed by atoms with Crippen LogP contribution in [0.25, 0.3) is 0 Å². The summed E-state index contributed by atoms with van der Waals surface area (Å²) in [5.74, 6) is -2.57. The molecule has 0 aromatic heterocycles. The molecule has 0 bridgehead atoms. The van der Waals surface area contributed by atoms with Crippen molar-refractivity contribution in [1.29, 1.82) is 0 Å². The summed E-state index contributed by atoms with van der Waals surface area (Å²) in [4.78, 5) is 36.3. The first-order valence-electron chi connectivity index (χ1n) is 15.9. The standard InChI is InChI=1S/C31H44F6O8/c32-30(33,34)15-1-17-42-25-13-8-22(19-26(25)43-18-2-16-31(35,36)37)29(41)45-24-9-3-20(4-10-24)5-14-27(38)44-23-11-6-21(7-12-23)28(39)40/h5,14,20-26H,1-4,6-13,15-19H2,(H,39,40)/b14-5+. The zero-order valence-electron chi connectivity index (χ0n) is 25.3. The van der Waals surface area contributed by atoms with Gasteiger partial charge in [0.15, 0.2) is 0 Å². The number of carboxylic acids is 1. The van der Waals surface area contributed by atoms with E-state index in [9.17, 15) is 40.7 Å². The van der Waals surface area contributed by atoms with Crippen molar-refractivity contribution in [2.24, 2.45) is 17.8 Å². The Morgan fingerprint density at radius 1 is 0.667 bits per heavy atom. The summed E-state index contributed by atoms with van der Waals surface area (Å²) in [5.41, 5.74) is 0. The molecule has 3 aliphatic rings. The van der Waals surface area contributed by atoms with Gasteiger partial charge in [-0.15, -0.1) is 0 Å². The van der Waals surface area contributed by atoms with Crippen molar-refractivity contribution < 1.29 is 64.8 Å². The van der Waals surface area contributed by atoms with Crippen molar-refractivity contribution in [3.05, 3.63) is 12.2 Å². The maximum absolute atomic E-state index is 13.0. The highest BCUT2D eigenvalue weighted by Gasteiger charge is 2.38. The number of aliphatic carboxylic acids is 1. The largest absolute Gasteiger partial charge is 0.481 e. The molecule has 3 aliphatic carbocycles. The van der Waals surface area contributed by atoms with E-state index in [-0.39, 0.29) is 56.5 Å². The molecule has 0 aromatic rings. The highest BCUT2D eigenvalue weighted by Crippen LogP contribution is 2.34. The molecule has 1 N–H and O–H groups in total. The van der Waals surface area contributed by atoms with Crippen molar-refractivity contribution in [3.63, 3.8) is 0 Å². The first kappa shape index (κ1) is 37.1. The Labute approximate surface area is 259 Å². The van der Waals surface area contributed by atoms with Crippen LogP contribution in [0, 0.1) is 17.8 Å². The number of rotatable bonds is 14. The van der Waals surface area contributed by atoms with E-state index < -0.39 is 61.2 Å². The molecule has 0 aliphatic heterocycles. The maximum Gasteiger partial charge on any atom is 0.389 e. The minimum Gasteiger partial charge on any atom is -0.481 e. The third kappa shape index (κ3) is 14.3. The number of halogens is 6. The molecule has 0 aromatic carbocycles. The van der Waals surface area contributed by atoms with Gasteiger partial charge in [-0.1, -0.05) is 6.08 Å². The van der Waals surface area contributed by atoms with E-state index in [2.05, 4.69) is 0 Å². The summed E-state index contributed by atoms with van der Waals surface area (Å²) in [6.45, 7) is -0.393. The Morgan fingerprint density at radius 3 is 1.73 bits per heavy atom. The second-order valence-corrected chi connectivity index (χ2v) is 12.3. The summed E-state index contributed by atoms with van der Waals surface area (Å²) >= 11 is 0. The Morgan fingerprint density at radius 2 is 1.18 bits per heavy atom. The second kappa shape index (κ2) is 17.5. The smallest absolute Gasteiger partial charge is 0.389 e. The predicted octanol–water partition coefficient (Wildman–Crippen LogP) is 7.09. The van der Waals surface area contributed by atoms with Gasteiger partial charge >= 0.3 is 30.3 Å². The van der Waals surface area contributed by atoms with Crippen LogP contribution in [-0.2, 0) is 33.3 Å². The predicted molar refractivity (Wildman–Crippen MR) is 148 cm³/mol. The lowest BCUT2D eigenvalue weighted by Gasteiger charge is -2.36. The summed E-state index contributed by atoms with van der Waals surface area (Å²) < 4.78 is 97.5. The Bertz CT molecular complexity index is 968. The summed E-state index contributed by atoms with van der Waals surface area (Å²) in [7, 11) is 0. The molecule has 0 saturated heterocycles. The Hall–Kier alpha value is -2.35. The molecular formula is C31H44F6O8. The third-order valence-corrected chi connectivity index (χ3v) is 8.75. The quantitative estimate of drug-likeness (QED) is 0.0913. The van der Waals surface area contributed by atoms with Crippen molar-refractivity contribution >= 4 is 17.9 Å². The molecule has 8 nitrogen and oxygen atoms in total. The number of alkyl halides is 6. The molecule has 0 heterocycles. The van der Waals surface area contributed by atoms with E-state index in [4.69, 9.17) is 24.1 Å². The van der Waals surface area contributed by atoms with Crippen LogP contribution in [0.3, 0.4) is 0 Å². The van der Waals surface area contributed by atoms with Gasteiger partial charge < -0.3 is 24.1 Å². The lowest BCUT2D eigenvalue weighted by atomic mass is 9.84. The Kier molecular flexibility index (Phi) is 14.5. The van der Waals surface area contributed by atoms with Gasteiger partial charge in [-0.25, -0.2) is 4.79 Å². The number of carbonyl (C=O) groups is 3. The molecule has 258 valence electrons. The first-order chi connectivity index (χ1) is 21.2. The summed E-state index contributed by atoms with van der Waals surface area (Å²) in [6.07, 6.45) is -4.60. The molecule has 0 spiro atoms. The van der Waals surface area contributed by atoms with Crippen LogP contribution in [0.2, 0.25) is 0 Å². The van der Waals surface area contributed by atoms with E-state index in [0.717, 1.165) is 0 Å². The second-order valence-electron chi connectivity index (χ2n) is 12.3. The van der Waals surface area contributed by atoms with Crippen LogP contribution in [0.5, 0.6) is 0 Å².